The van der Waals surface area contributed by atoms with Crippen LogP contribution in [0.1, 0.15) is 129 Å². The van der Waals surface area contributed by atoms with Crippen LogP contribution < -0.4 is 5.32 Å². The van der Waals surface area contributed by atoms with Crippen molar-refractivity contribution >= 4 is 5.91 Å². The highest BCUT2D eigenvalue weighted by Gasteiger charge is 2.44. The Morgan fingerprint density at radius 1 is 0.593 bits per heavy atom. The Hall–Kier alpha value is -3.41. The predicted octanol–water partition coefficient (Wildman–Crippen LogP) is 9.27. The Kier molecular flexibility index (Phi) is 35.2. The summed E-state index contributed by atoms with van der Waals surface area (Å²) in [4.78, 5) is 12.9. The zero-order chi connectivity index (χ0) is 43.0. The number of ether oxygens (including phenoxy) is 2. The molecule has 0 aromatic rings. The van der Waals surface area contributed by atoms with Crippen molar-refractivity contribution in [3.05, 3.63) is 122 Å². The van der Waals surface area contributed by atoms with Crippen molar-refractivity contribution in [2.24, 2.45) is 0 Å². The largest absolute Gasteiger partial charge is 0.394 e. The molecule has 1 saturated heterocycles. The normalized spacial score (nSPS) is 21.9. The van der Waals surface area contributed by atoms with Crippen LogP contribution in [0, 0.1) is 0 Å². The Morgan fingerprint density at radius 3 is 1.59 bits per heavy atom. The maximum atomic E-state index is 12.9. The van der Waals surface area contributed by atoms with Crippen LogP contribution in [0.4, 0.5) is 0 Å². The van der Waals surface area contributed by atoms with Crippen molar-refractivity contribution in [2.75, 3.05) is 13.2 Å². The summed E-state index contributed by atoms with van der Waals surface area (Å²) in [6.45, 7) is 3.47. The van der Waals surface area contributed by atoms with Gasteiger partial charge in [0.1, 0.15) is 24.4 Å². The van der Waals surface area contributed by atoms with Crippen LogP contribution in [0.2, 0.25) is 0 Å². The Morgan fingerprint density at radius 2 is 1.07 bits per heavy atom. The molecule has 6 N–H and O–H groups in total. The fourth-order valence-electron chi connectivity index (χ4n) is 5.96. The third kappa shape index (κ3) is 29.5. The van der Waals surface area contributed by atoms with Crippen molar-refractivity contribution < 1.29 is 39.8 Å². The van der Waals surface area contributed by atoms with E-state index in [9.17, 15) is 30.3 Å². The average molecular weight is 822 g/mol. The molecule has 0 aromatic heterocycles. The molecule has 0 saturated carbocycles. The lowest BCUT2D eigenvalue weighted by atomic mass is 9.99. The van der Waals surface area contributed by atoms with E-state index in [1.807, 2.05) is 6.08 Å². The first kappa shape index (κ1) is 53.6. The van der Waals surface area contributed by atoms with Crippen molar-refractivity contribution in [1.29, 1.82) is 0 Å². The van der Waals surface area contributed by atoms with Crippen LogP contribution in [-0.2, 0) is 14.3 Å². The summed E-state index contributed by atoms with van der Waals surface area (Å²) in [5.41, 5.74) is 0. The second-order valence-electron chi connectivity index (χ2n) is 14.7. The molecule has 9 nitrogen and oxygen atoms in total. The van der Waals surface area contributed by atoms with Crippen molar-refractivity contribution in [2.45, 2.75) is 172 Å². The third-order valence-corrected chi connectivity index (χ3v) is 9.50. The van der Waals surface area contributed by atoms with Crippen LogP contribution >= 0.6 is 0 Å². The van der Waals surface area contributed by atoms with Gasteiger partial charge in [-0.25, -0.2) is 0 Å². The number of aliphatic hydroxyl groups excluding tert-OH is 5. The minimum atomic E-state index is -1.58. The molecule has 0 spiro atoms. The van der Waals surface area contributed by atoms with Gasteiger partial charge in [-0.2, -0.15) is 0 Å². The van der Waals surface area contributed by atoms with Crippen LogP contribution in [0.5, 0.6) is 0 Å². The second-order valence-corrected chi connectivity index (χ2v) is 14.7. The molecular formula is C50H79NO8. The molecule has 0 radical (unpaired) electrons. The van der Waals surface area contributed by atoms with E-state index in [0.717, 1.165) is 103 Å². The predicted molar refractivity (Wildman–Crippen MR) is 244 cm³/mol. The van der Waals surface area contributed by atoms with E-state index in [4.69, 9.17) is 9.47 Å². The maximum Gasteiger partial charge on any atom is 0.220 e. The summed E-state index contributed by atoms with van der Waals surface area (Å²) in [5, 5.41) is 53.8. The van der Waals surface area contributed by atoms with Gasteiger partial charge in [0.15, 0.2) is 6.29 Å². The molecule has 332 valence electrons. The smallest absolute Gasteiger partial charge is 0.220 e. The zero-order valence-electron chi connectivity index (χ0n) is 36.2. The van der Waals surface area contributed by atoms with Gasteiger partial charge in [-0.05, 0) is 89.9 Å². The first-order valence-corrected chi connectivity index (χ1v) is 22.3. The highest BCUT2D eigenvalue weighted by molar-refractivity contribution is 5.76. The van der Waals surface area contributed by atoms with Gasteiger partial charge in [0.25, 0.3) is 0 Å². The fraction of sp³-hybridized carbons (Fsp3) is 0.580. The Labute approximate surface area is 357 Å². The first-order chi connectivity index (χ1) is 28.8. The van der Waals surface area contributed by atoms with Gasteiger partial charge in [0.2, 0.25) is 5.91 Å². The number of hydrogen-bond donors (Lipinski definition) is 6. The fourth-order valence-corrected chi connectivity index (χ4v) is 5.96. The molecular weight excluding hydrogens is 743 g/mol. The topological polar surface area (TPSA) is 149 Å². The van der Waals surface area contributed by atoms with E-state index in [0.29, 0.717) is 12.8 Å². The molecule has 59 heavy (non-hydrogen) atoms. The van der Waals surface area contributed by atoms with Gasteiger partial charge < -0.3 is 40.3 Å². The third-order valence-electron chi connectivity index (χ3n) is 9.50. The quantitative estimate of drug-likeness (QED) is 0.0278. The molecule has 1 heterocycles. The van der Waals surface area contributed by atoms with Gasteiger partial charge in [0, 0.05) is 6.42 Å². The lowest BCUT2D eigenvalue weighted by Crippen LogP contribution is -2.60. The minimum absolute atomic E-state index is 0.222. The van der Waals surface area contributed by atoms with Gasteiger partial charge in [-0.3, -0.25) is 4.79 Å². The van der Waals surface area contributed by atoms with E-state index >= 15 is 0 Å². The van der Waals surface area contributed by atoms with E-state index in [-0.39, 0.29) is 12.5 Å². The number of rotatable bonds is 34. The maximum absolute atomic E-state index is 12.9. The molecule has 7 atom stereocenters. The van der Waals surface area contributed by atoms with Gasteiger partial charge in [0.05, 0.1) is 25.4 Å². The standard InChI is InChI=1S/C50H79NO8/c1-3-5-7-9-11-12-13-14-15-16-17-18-19-20-21-22-23-24-25-26-27-28-29-30-31-32-34-36-38-40-46(54)51-43(44(53)39-37-35-33-10-8-6-4-2)42-58-50-49(57)48(56)47(55)45(41-52)59-50/h5,7-8,10-12,14-15,17-18,20-21,23-24,26-27,29-30,37,39,43-45,47-50,52-53,55-57H,3-4,6,9,13,16,19,22,25,28,31-36,38,40-42H2,1-2H3,(H,51,54)/b7-5-,10-8+,12-11-,15-14-,18-17-,21-20-,24-23-,27-26-,30-29-,39-37+. The number of carbonyl (C=O) groups is 1. The number of allylic oxidation sites excluding steroid dienone is 19. The monoisotopic (exact) mass is 822 g/mol. The van der Waals surface area contributed by atoms with E-state index < -0.39 is 49.5 Å². The van der Waals surface area contributed by atoms with E-state index in [2.05, 4.69) is 129 Å². The van der Waals surface area contributed by atoms with Gasteiger partial charge in [-0.15, -0.1) is 0 Å². The van der Waals surface area contributed by atoms with Crippen LogP contribution in [0.3, 0.4) is 0 Å². The molecule has 7 unspecified atom stereocenters. The summed E-state index contributed by atoms with van der Waals surface area (Å²) >= 11 is 0. The highest BCUT2D eigenvalue weighted by Crippen LogP contribution is 2.22. The lowest BCUT2D eigenvalue weighted by molar-refractivity contribution is -0.302. The molecule has 1 fully saturated rings. The van der Waals surface area contributed by atoms with Crippen molar-refractivity contribution in [3.63, 3.8) is 0 Å². The van der Waals surface area contributed by atoms with E-state index in [1.54, 1.807) is 6.08 Å². The molecule has 0 aromatic carbocycles. The molecule has 1 rings (SSSR count). The zero-order valence-corrected chi connectivity index (χ0v) is 36.2. The SMILES string of the molecule is CC/C=C\C/C=C\C/C=C\C/C=C\C/C=C\C/C=C\C/C=C\C/C=C\CCCCCCC(=O)NC(COC1OC(CO)C(O)C(O)C1O)C(O)/C=C/CC/C=C/CCC. The molecule has 1 amide bonds. The summed E-state index contributed by atoms with van der Waals surface area (Å²) in [6, 6.07) is -0.841. The number of unbranched alkanes of at least 4 members (excludes halogenated alkanes) is 6. The Balaban J connectivity index is 2.26. The van der Waals surface area contributed by atoms with Gasteiger partial charge in [-0.1, -0.05) is 155 Å². The van der Waals surface area contributed by atoms with Crippen LogP contribution in [-0.4, -0.2) is 87.5 Å². The summed E-state index contributed by atoms with van der Waals surface area (Å²) in [7, 11) is 0. The number of amides is 1. The van der Waals surface area contributed by atoms with Crippen molar-refractivity contribution in [1.82, 2.24) is 5.32 Å². The number of carbonyl (C=O) groups excluding carboxylic acids is 1. The number of hydrogen-bond acceptors (Lipinski definition) is 8. The average Bonchev–Trinajstić information content (AvgIpc) is 3.23. The summed E-state index contributed by atoms with van der Waals surface area (Å²) in [6.07, 6.45) is 51.3. The summed E-state index contributed by atoms with van der Waals surface area (Å²) in [5.74, 6) is -0.224. The number of nitrogens with one attached hydrogen (secondary N) is 1. The van der Waals surface area contributed by atoms with Crippen molar-refractivity contribution in [3.8, 4) is 0 Å². The second kappa shape index (κ2) is 38.8. The van der Waals surface area contributed by atoms with Crippen LogP contribution in [0.25, 0.3) is 0 Å². The Bertz CT molecular complexity index is 1320. The molecule has 1 aliphatic rings. The highest BCUT2D eigenvalue weighted by atomic mass is 16.7. The number of aliphatic hydroxyl groups is 5. The molecule has 0 bridgehead atoms. The minimum Gasteiger partial charge on any atom is -0.394 e. The summed E-state index contributed by atoms with van der Waals surface area (Å²) < 4.78 is 11.1. The van der Waals surface area contributed by atoms with Crippen LogP contribution in [0.15, 0.2) is 122 Å². The molecule has 9 heteroatoms. The van der Waals surface area contributed by atoms with Gasteiger partial charge >= 0.3 is 0 Å². The first-order valence-electron chi connectivity index (χ1n) is 22.3. The molecule has 1 aliphatic heterocycles. The van der Waals surface area contributed by atoms with E-state index in [1.165, 1.54) is 0 Å². The molecule has 0 aliphatic carbocycles. The lowest BCUT2D eigenvalue weighted by Gasteiger charge is -2.40.